The predicted octanol–water partition coefficient (Wildman–Crippen LogP) is 9.98. The van der Waals surface area contributed by atoms with Crippen molar-refractivity contribution in [3.8, 4) is 17.4 Å². The van der Waals surface area contributed by atoms with E-state index in [-0.39, 0.29) is 10.8 Å². The van der Waals surface area contributed by atoms with E-state index in [0.29, 0.717) is 17.5 Å². The zero-order chi connectivity index (χ0) is 35.4. The van der Waals surface area contributed by atoms with Gasteiger partial charge in [-0.25, -0.2) is 15.0 Å². The van der Waals surface area contributed by atoms with Crippen LogP contribution in [0.5, 0.6) is 11.6 Å². The fraction of sp³-hybridized carbons (Fsp3) is 0.349. The van der Waals surface area contributed by atoms with E-state index < -0.39 is 11.1 Å². The lowest BCUT2D eigenvalue weighted by molar-refractivity contribution is 0.0475. The summed E-state index contributed by atoms with van der Waals surface area (Å²) >= 11 is 0. The number of aliphatic imine (C=N–C) groups is 1. The lowest BCUT2D eigenvalue weighted by atomic mass is 9.84. The van der Waals surface area contributed by atoms with Gasteiger partial charge in [0.1, 0.15) is 22.7 Å². The minimum absolute atomic E-state index is 0.0265. The van der Waals surface area contributed by atoms with Crippen LogP contribution in [0.4, 0.5) is 0 Å². The van der Waals surface area contributed by atoms with E-state index in [1.165, 1.54) is 27.8 Å². The van der Waals surface area contributed by atoms with Gasteiger partial charge in [0.2, 0.25) is 11.8 Å². The minimum atomic E-state index is -0.473. The van der Waals surface area contributed by atoms with Crippen LogP contribution in [0.3, 0.4) is 0 Å². The standard InChI is InChI=1S/C43H45N5O2/c1-25-11-14-33-32(26(25)2)23-42(9)43(33,10)47-39(50-42)27-15-17-45-38(19-27)49-29-12-13-30-31-22-36(41(6,7)8)46-24-35(31)48(34(30)21-29)37-20-28(16-18-44-37)40(3,4)5/h11-22,24H,23H2,1-10H3/t42-,43+/m0/s1. The second-order valence-electron chi connectivity index (χ2n) is 16.5. The van der Waals surface area contributed by atoms with Crippen molar-refractivity contribution in [3.63, 3.8) is 0 Å². The van der Waals surface area contributed by atoms with Crippen LogP contribution in [0.2, 0.25) is 0 Å². The van der Waals surface area contributed by atoms with Gasteiger partial charge in [-0.05, 0) is 97.3 Å². The first-order valence-corrected chi connectivity index (χ1v) is 17.5. The molecule has 7 nitrogen and oxygen atoms in total. The molecule has 5 heterocycles. The van der Waals surface area contributed by atoms with E-state index in [1.54, 1.807) is 6.20 Å². The number of rotatable bonds is 4. The molecule has 0 N–H and O–H groups in total. The molecule has 2 atom stereocenters. The molecule has 7 heteroatoms. The van der Waals surface area contributed by atoms with Crippen molar-refractivity contribution in [2.75, 3.05) is 0 Å². The number of benzene rings is 2. The average Bonchev–Trinajstić information content (AvgIpc) is 3.61. The molecule has 254 valence electrons. The van der Waals surface area contributed by atoms with Crippen molar-refractivity contribution >= 4 is 27.7 Å². The van der Waals surface area contributed by atoms with Gasteiger partial charge in [-0.1, -0.05) is 53.7 Å². The molecule has 8 rings (SSSR count). The molecule has 0 bridgehead atoms. The Hall–Kier alpha value is -5.04. The zero-order valence-electron chi connectivity index (χ0n) is 30.8. The van der Waals surface area contributed by atoms with Crippen molar-refractivity contribution < 1.29 is 9.47 Å². The van der Waals surface area contributed by atoms with Crippen LogP contribution < -0.4 is 4.74 Å². The number of hydrogen-bond donors (Lipinski definition) is 0. The molecule has 4 aromatic heterocycles. The summed E-state index contributed by atoms with van der Waals surface area (Å²) in [4.78, 5) is 19.6. The quantitative estimate of drug-likeness (QED) is 0.188. The average molecular weight is 664 g/mol. The summed E-state index contributed by atoms with van der Waals surface area (Å²) in [6.07, 6.45) is 6.45. The molecule has 1 aliphatic heterocycles. The van der Waals surface area contributed by atoms with Crippen LogP contribution in [0.15, 0.2) is 84.2 Å². The van der Waals surface area contributed by atoms with Gasteiger partial charge in [0, 0.05) is 58.4 Å². The van der Waals surface area contributed by atoms with E-state index in [0.717, 1.165) is 45.3 Å². The molecule has 50 heavy (non-hydrogen) atoms. The van der Waals surface area contributed by atoms with E-state index in [2.05, 4.69) is 121 Å². The summed E-state index contributed by atoms with van der Waals surface area (Å²) in [7, 11) is 0. The highest BCUT2D eigenvalue weighted by molar-refractivity contribution is 6.09. The summed E-state index contributed by atoms with van der Waals surface area (Å²) in [5.74, 6) is 2.61. The van der Waals surface area contributed by atoms with Gasteiger partial charge in [-0.15, -0.1) is 0 Å². The van der Waals surface area contributed by atoms with Crippen molar-refractivity contribution in [1.82, 2.24) is 19.5 Å². The maximum absolute atomic E-state index is 6.72. The molecule has 6 aromatic rings. The molecule has 0 spiro atoms. The van der Waals surface area contributed by atoms with Gasteiger partial charge >= 0.3 is 0 Å². The van der Waals surface area contributed by atoms with Crippen LogP contribution >= 0.6 is 0 Å². The van der Waals surface area contributed by atoms with E-state index >= 15 is 0 Å². The molecular formula is C43H45N5O2. The molecule has 0 amide bonds. The van der Waals surface area contributed by atoms with Gasteiger partial charge < -0.3 is 9.47 Å². The molecular weight excluding hydrogens is 619 g/mol. The summed E-state index contributed by atoms with van der Waals surface area (Å²) in [6, 6.07) is 21.0. The summed E-state index contributed by atoms with van der Waals surface area (Å²) < 4.78 is 15.4. The van der Waals surface area contributed by atoms with Gasteiger partial charge in [-0.2, -0.15) is 0 Å². The Balaban J connectivity index is 1.19. The van der Waals surface area contributed by atoms with Crippen molar-refractivity contribution in [2.45, 2.75) is 97.6 Å². The molecule has 0 saturated heterocycles. The molecule has 1 aliphatic carbocycles. The largest absolute Gasteiger partial charge is 0.468 e. The van der Waals surface area contributed by atoms with Crippen LogP contribution in [0.25, 0.3) is 27.6 Å². The predicted molar refractivity (Wildman–Crippen MR) is 201 cm³/mol. The highest BCUT2D eigenvalue weighted by atomic mass is 16.5. The third kappa shape index (κ3) is 4.92. The van der Waals surface area contributed by atoms with Crippen LogP contribution in [-0.2, 0) is 27.5 Å². The second-order valence-corrected chi connectivity index (χ2v) is 16.5. The molecule has 0 radical (unpaired) electrons. The number of nitrogens with zero attached hydrogens (tertiary/aromatic N) is 5. The second kappa shape index (κ2) is 10.7. The lowest BCUT2D eigenvalue weighted by Crippen LogP contribution is -2.41. The Morgan fingerprint density at radius 3 is 2.32 bits per heavy atom. The maximum atomic E-state index is 6.72. The first kappa shape index (κ1) is 32.2. The molecule has 2 aromatic carbocycles. The van der Waals surface area contributed by atoms with Crippen LogP contribution in [0.1, 0.15) is 94.5 Å². The molecule has 0 fully saturated rings. The van der Waals surface area contributed by atoms with E-state index in [4.69, 9.17) is 24.4 Å². The number of aromatic nitrogens is 4. The first-order valence-electron chi connectivity index (χ1n) is 17.5. The number of hydrogen-bond acceptors (Lipinski definition) is 6. The lowest BCUT2D eigenvalue weighted by Gasteiger charge is -2.31. The topological polar surface area (TPSA) is 74.4 Å². The summed E-state index contributed by atoms with van der Waals surface area (Å²) in [5.41, 5.74) is 9.27. The van der Waals surface area contributed by atoms with E-state index in [9.17, 15) is 0 Å². The Morgan fingerprint density at radius 1 is 0.780 bits per heavy atom. The Labute approximate surface area is 294 Å². The number of pyridine rings is 3. The smallest absolute Gasteiger partial charge is 0.219 e. The first-order chi connectivity index (χ1) is 23.6. The summed E-state index contributed by atoms with van der Waals surface area (Å²) in [6.45, 7) is 22.0. The van der Waals surface area contributed by atoms with Crippen molar-refractivity contribution in [3.05, 3.63) is 118 Å². The molecule has 0 unspecified atom stereocenters. The highest BCUT2D eigenvalue weighted by Crippen LogP contribution is 2.54. The Morgan fingerprint density at radius 2 is 1.56 bits per heavy atom. The van der Waals surface area contributed by atoms with Crippen molar-refractivity contribution in [1.29, 1.82) is 0 Å². The third-order valence-corrected chi connectivity index (χ3v) is 11.0. The normalized spacial score (nSPS) is 20.2. The fourth-order valence-corrected chi connectivity index (χ4v) is 7.57. The summed E-state index contributed by atoms with van der Waals surface area (Å²) in [5, 5.41) is 2.24. The van der Waals surface area contributed by atoms with Gasteiger partial charge in [0.15, 0.2) is 0 Å². The number of aryl methyl sites for hydroxylation is 1. The zero-order valence-corrected chi connectivity index (χ0v) is 30.8. The fourth-order valence-electron chi connectivity index (χ4n) is 7.57. The van der Waals surface area contributed by atoms with Gasteiger partial charge in [-0.3, -0.25) is 9.55 Å². The Bertz CT molecular complexity index is 2390. The van der Waals surface area contributed by atoms with Gasteiger partial charge in [0.05, 0.1) is 17.2 Å². The highest BCUT2D eigenvalue weighted by Gasteiger charge is 2.59. The number of fused-ring (bicyclic) bond motifs is 6. The monoisotopic (exact) mass is 663 g/mol. The van der Waals surface area contributed by atoms with Crippen molar-refractivity contribution in [2.24, 2.45) is 4.99 Å². The minimum Gasteiger partial charge on any atom is -0.468 e. The SMILES string of the molecule is Cc1ccc2c(c1C)C[C@]1(C)OC(c3ccnc(Oc4ccc5c6cc(C(C)(C)C)ncc6n(-c6cc(C(C)(C)C)ccn6)c5c4)c3)=N[C@]21C. The van der Waals surface area contributed by atoms with Gasteiger partial charge in [0.25, 0.3) is 0 Å². The van der Waals surface area contributed by atoms with Crippen LogP contribution in [0, 0.1) is 13.8 Å². The van der Waals surface area contributed by atoms with E-state index in [1.807, 2.05) is 30.6 Å². The maximum Gasteiger partial charge on any atom is 0.219 e. The third-order valence-electron chi connectivity index (χ3n) is 11.0. The molecule has 0 saturated carbocycles. The van der Waals surface area contributed by atoms with Crippen LogP contribution in [-0.4, -0.2) is 31.0 Å². The number of ether oxygens (including phenoxy) is 2. The molecule has 2 aliphatic rings. The Kier molecular flexibility index (Phi) is 6.91.